The topological polar surface area (TPSA) is 117 Å². The number of carbonyl (C=O) groups excluding carboxylic acids is 1. The lowest BCUT2D eigenvalue weighted by atomic mass is 9.72. The summed E-state index contributed by atoms with van der Waals surface area (Å²) in [6, 6.07) is 5.40. The normalized spacial score (nSPS) is 18.7. The quantitative estimate of drug-likeness (QED) is 0.360. The van der Waals surface area contributed by atoms with Crippen molar-refractivity contribution in [3.63, 3.8) is 0 Å². The predicted molar refractivity (Wildman–Crippen MR) is 161 cm³/mol. The van der Waals surface area contributed by atoms with Crippen molar-refractivity contribution >= 4 is 38.2 Å². The number of hydrogen-bond acceptors (Lipinski definition) is 8. The third kappa shape index (κ3) is 5.09. The summed E-state index contributed by atoms with van der Waals surface area (Å²) < 4.78 is 48.2. The van der Waals surface area contributed by atoms with E-state index in [0.29, 0.717) is 42.1 Å². The summed E-state index contributed by atoms with van der Waals surface area (Å²) in [5, 5.41) is 3.94. The Bertz CT molecular complexity index is 1650. The molecule has 1 aromatic carbocycles. The van der Waals surface area contributed by atoms with Gasteiger partial charge in [0.2, 0.25) is 21.8 Å². The third-order valence-electron chi connectivity index (χ3n) is 8.63. The minimum absolute atomic E-state index is 0.0432. The first kappa shape index (κ1) is 28.8. The van der Waals surface area contributed by atoms with Gasteiger partial charge in [-0.2, -0.15) is 0 Å². The summed E-state index contributed by atoms with van der Waals surface area (Å²) in [5.74, 6) is -0.377. The molecule has 2 fully saturated rings. The second kappa shape index (κ2) is 10.7. The molecule has 2 aromatic heterocycles. The zero-order valence-electron chi connectivity index (χ0n) is 24.4. The highest BCUT2D eigenvalue weighted by Crippen LogP contribution is 2.51. The third-order valence-corrected chi connectivity index (χ3v) is 9.22. The van der Waals surface area contributed by atoms with Gasteiger partial charge in [0.15, 0.2) is 0 Å². The van der Waals surface area contributed by atoms with E-state index in [1.165, 1.54) is 31.2 Å². The van der Waals surface area contributed by atoms with Crippen LogP contribution >= 0.6 is 0 Å². The van der Waals surface area contributed by atoms with Crippen molar-refractivity contribution in [3.05, 3.63) is 42.0 Å². The number of ether oxygens (including phenoxy) is 1. The molecule has 0 atom stereocenters. The van der Waals surface area contributed by atoms with E-state index in [4.69, 9.17) is 4.74 Å². The van der Waals surface area contributed by atoms with Crippen LogP contribution in [0.4, 0.5) is 15.8 Å². The summed E-state index contributed by atoms with van der Waals surface area (Å²) >= 11 is 0. The van der Waals surface area contributed by atoms with Gasteiger partial charge in [-0.05, 0) is 25.0 Å². The van der Waals surface area contributed by atoms with Gasteiger partial charge in [-0.25, -0.2) is 17.8 Å². The van der Waals surface area contributed by atoms with Crippen LogP contribution in [0, 0.1) is 5.82 Å². The van der Waals surface area contributed by atoms with E-state index in [2.05, 4.69) is 24.9 Å². The van der Waals surface area contributed by atoms with Crippen LogP contribution in [0.3, 0.4) is 0 Å². The molecule has 2 aliphatic heterocycles. The maximum atomic E-state index is 15.6. The molecule has 1 spiro atoms. The molecule has 1 saturated heterocycles. The van der Waals surface area contributed by atoms with Crippen molar-refractivity contribution in [1.29, 1.82) is 0 Å². The van der Waals surface area contributed by atoms with Crippen molar-refractivity contribution < 1.29 is 22.3 Å². The first-order valence-electron chi connectivity index (χ1n) is 14.5. The predicted octanol–water partition coefficient (Wildman–Crippen LogP) is 3.66. The van der Waals surface area contributed by atoms with Gasteiger partial charge in [0.25, 0.3) is 0 Å². The number of nitrogens with one attached hydrogen (secondary N) is 2. The van der Waals surface area contributed by atoms with Gasteiger partial charge in [0, 0.05) is 73.1 Å². The molecule has 0 radical (unpaired) electrons. The Labute approximate surface area is 245 Å². The number of amides is 1. The van der Waals surface area contributed by atoms with Crippen molar-refractivity contribution in [2.24, 2.45) is 0 Å². The van der Waals surface area contributed by atoms with Gasteiger partial charge in [0.05, 0.1) is 23.7 Å². The molecule has 0 unspecified atom stereocenters. The molecule has 3 aliphatic rings. The van der Waals surface area contributed by atoms with Gasteiger partial charge < -0.3 is 15.0 Å². The van der Waals surface area contributed by atoms with Gasteiger partial charge in [-0.3, -0.25) is 19.4 Å². The molecule has 224 valence electrons. The van der Waals surface area contributed by atoms with Crippen molar-refractivity contribution in [1.82, 2.24) is 20.2 Å². The number of fused-ring (bicyclic) bond motifs is 4. The minimum Gasteiger partial charge on any atom is -0.475 e. The van der Waals surface area contributed by atoms with Crippen LogP contribution in [-0.4, -0.2) is 80.8 Å². The molecule has 10 nitrogen and oxygen atoms in total. The second-order valence-electron chi connectivity index (χ2n) is 12.1. The van der Waals surface area contributed by atoms with Crippen molar-refractivity contribution in [2.45, 2.75) is 57.0 Å². The number of rotatable bonds is 9. The largest absolute Gasteiger partial charge is 0.475 e. The summed E-state index contributed by atoms with van der Waals surface area (Å²) in [4.78, 5) is 26.6. The molecule has 2 N–H and O–H groups in total. The first-order chi connectivity index (χ1) is 20.0. The zero-order chi connectivity index (χ0) is 29.8. The van der Waals surface area contributed by atoms with Gasteiger partial charge in [-0.15, -0.1) is 0 Å². The maximum Gasteiger partial charge on any atom is 0.240 e. The van der Waals surface area contributed by atoms with Gasteiger partial charge >= 0.3 is 0 Å². The van der Waals surface area contributed by atoms with E-state index in [1.807, 2.05) is 13.8 Å². The van der Waals surface area contributed by atoms with Crippen molar-refractivity contribution in [3.8, 4) is 17.0 Å². The molecule has 3 aromatic rings. The van der Waals surface area contributed by atoms with Crippen LogP contribution in [0.1, 0.15) is 45.1 Å². The summed E-state index contributed by atoms with van der Waals surface area (Å²) in [6.07, 6.45) is 8.92. The van der Waals surface area contributed by atoms with E-state index >= 15 is 4.39 Å². The average Bonchev–Trinajstić information content (AvgIpc) is 3.50. The standard InChI is InChI=1S/C30H37FN6O4S/c1-18(2)32-9-10-41-28-25(35-42(4,39)40)11-19(14-34-28)21-12-22-24(13-23(21)31)33-15-26-27(22)30(29(38)36(26)3)16-37(17-30)20-7-5-6-8-20/h11-15,18,20,32,35H,5-10,16-17H2,1-4H3. The highest BCUT2D eigenvalue weighted by molar-refractivity contribution is 7.92. The smallest absolute Gasteiger partial charge is 0.240 e. The van der Waals surface area contributed by atoms with E-state index in [1.54, 1.807) is 24.2 Å². The number of sulfonamides is 1. The van der Waals surface area contributed by atoms with Crippen LogP contribution < -0.4 is 19.7 Å². The number of anilines is 2. The van der Waals surface area contributed by atoms with Gasteiger partial charge in [0.1, 0.15) is 23.5 Å². The number of benzene rings is 1. The Balaban J connectivity index is 1.40. The number of hydrogen-bond donors (Lipinski definition) is 2. The Morgan fingerprint density at radius 2 is 1.88 bits per heavy atom. The number of pyridine rings is 2. The monoisotopic (exact) mass is 596 g/mol. The van der Waals surface area contributed by atoms with Crippen LogP contribution in [0.2, 0.25) is 0 Å². The SMILES string of the molecule is CC(C)NCCOc1ncc(-c2cc3c4c(cnc3cc2F)N(C)C(=O)C42CN(C3CCCC3)C2)cc1NS(C)(=O)=O. The number of likely N-dealkylation sites (N-methyl/N-ethyl adjacent to an activating group) is 1. The summed E-state index contributed by atoms with van der Waals surface area (Å²) in [7, 11) is -1.90. The van der Waals surface area contributed by atoms with Crippen LogP contribution in [-0.2, 0) is 20.2 Å². The lowest BCUT2D eigenvalue weighted by Gasteiger charge is -2.50. The fraction of sp³-hybridized carbons (Fsp3) is 0.500. The fourth-order valence-corrected chi connectivity index (χ4v) is 7.22. The molecular formula is C30H37FN6O4S. The van der Waals surface area contributed by atoms with Crippen molar-refractivity contribution in [2.75, 3.05) is 49.2 Å². The number of aromatic nitrogens is 2. The number of likely N-dealkylation sites (tertiary alicyclic amines) is 1. The molecule has 12 heteroatoms. The highest BCUT2D eigenvalue weighted by Gasteiger charge is 2.59. The second-order valence-corrected chi connectivity index (χ2v) is 13.8. The molecule has 0 bridgehead atoms. The minimum atomic E-state index is -3.67. The van der Waals surface area contributed by atoms with Gasteiger partial charge in [-0.1, -0.05) is 26.7 Å². The molecule has 1 amide bonds. The van der Waals surface area contributed by atoms with E-state index < -0.39 is 21.3 Å². The lowest BCUT2D eigenvalue weighted by molar-refractivity contribution is -0.130. The van der Waals surface area contributed by atoms with Crippen LogP contribution in [0.5, 0.6) is 5.88 Å². The lowest BCUT2D eigenvalue weighted by Crippen LogP contribution is -2.65. The van der Waals surface area contributed by atoms with E-state index in [0.717, 1.165) is 30.3 Å². The summed E-state index contributed by atoms with van der Waals surface area (Å²) in [6.45, 7) is 6.12. The first-order valence-corrected chi connectivity index (χ1v) is 16.4. The Hall–Kier alpha value is -3.35. The Morgan fingerprint density at radius 3 is 2.57 bits per heavy atom. The number of nitrogens with zero attached hydrogens (tertiary/aromatic N) is 4. The van der Waals surface area contributed by atoms with E-state index in [9.17, 15) is 13.2 Å². The zero-order valence-corrected chi connectivity index (χ0v) is 25.2. The van der Waals surface area contributed by atoms with Crippen LogP contribution in [0.25, 0.3) is 22.0 Å². The average molecular weight is 597 g/mol. The molecule has 6 rings (SSSR count). The fourth-order valence-electron chi connectivity index (χ4n) is 6.67. The Morgan fingerprint density at radius 1 is 1.14 bits per heavy atom. The Kier molecular flexibility index (Phi) is 7.35. The molecule has 1 aliphatic carbocycles. The molecule has 42 heavy (non-hydrogen) atoms. The number of carbonyl (C=O) groups is 1. The molecule has 4 heterocycles. The number of halogens is 1. The highest BCUT2D eigenvalue weighted by atomic mass is 32.2. The molecular weight excluding hydrogens is 559 g/mol. The van der Waals surface area contributed by atoms with E-state index in [-0.39, 0.29) is 35.7 Å². The van der Waals surface area contributed by atoms with Crippen LogP contribution in [0.15, 0.2) is 30.6 Å². The molecule has 1 saturated carbocycles. The summed E-state index contributed by atoms with van der Waals surface area (Å²) in [5.41, 5.74) is 2.14. The maximum absolute atomic E-state index is 15.6.